The SMILES string of the molecule is CC(=O)O[C@H]1c2c(OCc3ccccc3)cc(OCc3ccccc3)c([C@@H]3c4c(OCc5ccccc5)cc(OCc5ccccc5)c(Br)c4O[C@H](c4ccc(OCc5ccccc5)c(OCc5ccccc5)c4)[C@H]3OCc3ccccc3)c2O[C@H](c2ccc(OCc3ccccc3)c(OCc3ccccc3)c2)[C@H]1OCc1ccccc1. The van der Waals surface area contributed by atoms with Gasteiger partial charge in [0.25, 0.3) is 0 Å². The lowest BCUT2D eigenvalue weighted by molar-refractivity contribution is -0.169. The van der Waals surface area contributed by atoms with E-state index in [0.29, 0.717) is 84.0 Å². The van der Waals surface area contributed by atoms with E-state index in [1.165, 1.54) is 6.92 Å². The van der Waals surface area contributed by atoms with Crippen molar-refractivity contribution in [1.82, 2.24) is 0 Å². The fourth-order valence-electron chi connectivity index (χ4n) is 14.6. The van der Waals surface area contributed by atoms with Gasteiger partial charge in [-0.2, -0.15) is 0 Å². The highest BCUT2D eigenvalue weighted by atomic mass is 79.9. The van der Waals surface area contributed by atoms with Crippen LogP contribution in [-0.2, 0) is 85.1 Å². The van der Waals surface area contributed by atoms with Crippen LogP contribution in [0.1, 0.15) is 115 Å². The first-order valence-electron chi connectivity index (χ1n) is 39.3. The minimum absolute atomic E-state index is 0.0614. The van der Waals surface area contributed by atoms with Crippen LogP contribution in [0.3, 0.4) is 0 Å². The van der Waals surface area contributed by atoms with Gasteiger partial charge in [0.05, 0.1) is 24.7 Å². The number of esters is 1. The molecule has 0 N–H and O–H groups in total. The third-order valence-electron chi connectivity index (χ3n) is 20.4. The second-order valence-electron chi connectivity index (χ2n) is 28.7. The van der Waals surface area contributed by atoms with Gasteiger partial charge in [-0.05, 0) is 107 Å². The van der Waals surface area contributed by atoms with Crippen LogP contribution in [0.5, 0.6) is 57.5 Å². The molecule has 2 aliphatic rings. The minimum atomic E-state index is -1.30. The van der Waals surface area contributed by atoms with Gasteiger partial charge in [0.15, 0.2) is 41.3 Å². The Kier molecular flexibility index (Phi) is 25.5. The van der Waals surface area contributed by atoms with Gasteiger partial charge < -0.3 is 61.6 Å². The average Bonchev–Trinajstić information content (AvgIpc) is 0.709. The van der Waals surface area contributed by atoms with Gasteiger partial charge in [-0.25, -0.2) is 0 Å². The first kappa shape index (κ1) is 77.9. The van der Waals surface area contributed by atoms with Crippen molar-refractivity contribution in [2.75, 3.05) is 0 Å². The molecule has 0 bridgehead atoms. The molecule has 117 heavy (non-hydrogen) atoms. The van der Waals surface area contributed by atoms with Crippen molar-refractivity contribution in [3.05, 3.63) is 440 Å². The highest BCUT2D eigenvalue weighted by Crippen LogP contribution is 2.63. The van der Waals surface area contributed by atoms with E-state index < -0.39 is 42.4 Å². The van der Waals surface area contributed by atoms with Gasteiger partial charge in [0.1, 0.15) is 104 Å². The molecule has 0 aromatic heterocycles. The number of carbonyl (C=O) groups is 1. The third kappa shape index (κ3) is 19.7. The molecule has 0 amide bonds. The van der Waals surface area contributed by atoms with Gasteiger partial charge in [0, 0.05) is 30.2 Å². The molecule has 586 valence electrons. The van der Waals surface area contributed by atoms with E-state index in [1.54, 1.807) is 0 Å². The lowest BCUT2D eigenvalue weighted by atomic mass is 9.76. The normalized spacial score (nSPS) is 15.8. The Morgan fingerprint density at radius 1 is 0.274 bits per heavy atom. The number of hydrogen-bond acceptors (Lipinski definition) is 14. The Labute approximate surface area is 690 Å². The average molecular weight is 1620 g/mol. The molecule has 0 radical (unpaired) electrons. The summed E-state index contributed by atoms with van der Waals surface area (Å²) in [6, 6.07) is 115. The molecule has 14 aromatic carbocycles. The van der Waals surface area contributed by atoms with Crippen LogP contribution in [0.15, 0.2) is 356 Å². The zero-order chi connectivity index (χ0) is 79.3. The number of ether oxygens (including phenoxy) is 13. The molecule has 0 unspecified atom stereocenters. The van der Waals surface area contributed by atoms with Crippen LogP contribution in [0, 0.1) is 0 Å². The molecular formula is C102H87BrO14. The van der Waals surface area contributed by atoms with E-state index in [4.69, 9.17) is 61.6 Å². The van der Waals surface area contributed by atoms with Crippen molar-refractivity contribution < 1.29 is 66.4 Å². The maximum absolute atomic E-state index is 14.8. The highest BCUT2D eigenvalue weighted by molar-refractivity contribution is 9.10. The molecule has 2 heterocycles. The number of rotatable bonds is 34. The maximum atomic E-state index is 14.8. The van der Waals surface area contributed by atoms with Crippen LogP contribution in [0.25, 0.3) is 0 Å². The lowest BCUT2D eigenvalue weighted by Crippen LogP contribution is -2.41. The van der Waals surface area contributed by atoms with Gasteiger partial charge in [-0.3, -0.25) is 4.79 Å². The molecule has 0 saturated heterocycles. The Morgan fingerprint density at radius 3 is 0.863 bits per heavy atom. The Hall–Kier alpha value is -13.1. The van der Waals surface area contributed by atoms with Crippen LogP contribution >= 0.6 is 15.9 Å². The number of carbonyl (C=O) groups excluding carboxylic acids is 1. The molecule has 0 aliphatic carbocycles. The summed E-state index contributed by atoms with van der Waals surface area (Å²) in [6.07, 6.45) is -5.70. The molecule has 16 rings (SSSR count). The predicted octanol–water partition coefficient (Wildman–Crippen LogP) is 23.3. The molecule has 0 saturated carbocycles. The first-order valence-corrected chi connectivity index (χ1v) is 40.0. The Morgan fingerprint density at radius 2 is 0.530 bits per heavy atom. The van der Waals surface area contributed by atoms with Crippen molar-refractivity contribution in [2.24, 2.45) is 0 Å². The molecule has 6 atom stereocenters. The monoisotopic (exact) mass is 1610 g/mol. The summed E-state index contributed by atoms with van der Waals surface area (Å²) < 4.78 is 95.8. The molecular weight excluding hydrogens is 1530 g/mol. The molecule has 14 aromatic rings. The van der Waals surface area contributed by atoms with Crippen LogP contribution in [0.4, 0.5) is 0 Å². The van der Waals surface area contributed by atoms with Crippen molar-refractivity contribution in [3.63, 3.8) is 0 Å². The number of halogens is 1. The minimum Gasteiger partial charge on any atom is -0.488 e. The van der Waals surface area contributed by atoms with E-state index >= 15 is 0 Å². The largest absolute Gasteiger partial charge is 0.488 e. The van der Waals surface area contributed by atoms with Gasteiger partial charge in [0.2, 0.25) is 0 Å². The number of hydrogen-bond donors (Lipinski definition) is 0. The van der Waals surface area contributed by atoms with E-state index in [1.807, 2.05) is 352 Å². The fraction of sp³-hybridized carbons (Fsp3) is 0.167. The Balaban J connectivity index is 0.979. The van der Waals surface area contributed by atoms with E-state index in [-0.39, 0.29) is 71.8 Å². The first-order chi connectivity index (χ1) is 57.7. The van der Waals surface area contributed by atoms with Crippen molar-refractivity contribution >= 4 is 21.9 Å². The van der Waals surface area contributed by atoms with Crippen molar-refractivity contribution in [1.29, 1.82) is 0 Å². The van der Waals surface area contributed by atoms with Gasteiger partial charge in [-0.1, -0.05) is 315 Å². The number of fused-ring (bicyclic) bond motifs is 2. The van der Waals surface area contributed by atoms with Crippen molar-refractivity contribution in [3.8, 4) is 57.5 Å². The summed E-state index contributed by atoms with van der Waals surface area (Å²) in [6.45, 7) is 2.90. The summed E-state index contributed by atoms with van der Waals surface area (Å²) in [4.78, 5) is 14.8. The number of benzene rings is 14. The summed E-state index contributed by atoms with van der Waals surface area (Å²) in [5, 5.41) is 0. The predicted molar refractivity (Wildman–Crippen MR) is 453 cm³/mol. The highest BCUT2D eigenvalue weighted by Gasteiger charge is 2.52. The molecule has 0 fully saturated rings. The maximum Gasteiger partial charge on any atom is 0.303 e. The summed E-state index contributed by atoms with van der Waals surface area (Å²) in [5.41, 5.74) is 11.7. The Bertz CT molecular complexity index is 5530. The summed E-state index contributed by atoms with van der Waals surface area (Å²) in [5.74, 6) is 2.24. The molecule has 15 heteroatoms. The standard InChI is InChI=1S/C102H87BrO14/c1-70(104)115-101-93-89(111-66-77-44-24-8-25-45-77)58-87(109-64-75-40-20-6-21-41-75)91(98(93)116-97(102(101)114-69-80-50-30-11-31-51-80)82-53-55-84(106-61-72-34-14-3-15-35-72)86(57-82)108-63-74-38-18-5-19-39-74)94-92-88(110-65-76-42-22-7-23-43-76)59-90(112-67-78-46-26-9-27-47-78)95(103)99(92)117-96(100(94)113-68-79-48-28-10-29-49-79)81-52-54-83(105-60-71-32-12-2-13-33-71)85(56-81)107-62-73-36-16-4-17-37-73/h2-59,94,96-97,100-102H,60-69H2,1H3/t94-,96-,97-,100+,101+,102-/m1/s1. The van der Waals surface area contributed by atoms with Crippen LogP contribution < -0.4 is 47.4 Å². The second-order valence-corrected chi connectivity index (χ2v) is 29.5. The zero-order valence-electron chi connectivity index (χ0n) is 64.6. The lowest BCUT2D eigenvalue weighted by Gasteiger charge is -2.45. The fourth-order valence-corrected chi connectivity index (χ4v) is 15.2. The molecule has 14 nitrogen and oxygen atoms in total. The summed E-state index contributed by atoms with van der Waals surface area (Å²) >= 11 is 4.21. The quantitative estimate of drug-likeness (QED) is 0.0354. The van der Waals surface area contributed by atoms with Crippen molar-refractivity contribution in [2.45, 2.75) is 109 Å². The topological polar surface area (TPSA) is 137 Å². The zero-order valence-corrected chi connectivity index (χ0v) is 66.2. The van der Waals surface area contributed by atoms with E-state index in [9.17, 15) is 4.79 Å². The summed E-state index contributed by atoms with van der Waals surface area (Å²) in [7, 11) is 0. The van der Waals surface area contributed by atoms with E-state index in [0.717, 1.165) is 55.6 Å². The molecule has 0 spiro atoms. The van der Waals surface area contributed by atoms with Crippen LogP contribution in [0.2, 0.25) is 0 Å². The second kappa shape index (κ2) is 38.4. The van der Waals surface area contributed by atoms with E-state index in [2.05, 4.69) is 15.9 Å². The smallest absolute Gasteiger partial charge is 0.303 e. The van der Waals surface area contributed by atoms with Gasteiger partial charge in [-0.15, -0.1) is 0 Å². The van der Waals surface area contributed by atoms with Gasteiger partial charge >= 0.3 is 5.97 Å². The van der Waals surface area contributed by atoms with Crippen LogP contribution in [-0.4, -0.2) is 18.2 Å². The third-order valence-corrected chi connectivity index (χ3v) is 21.2. The molecule has 2 aliphatic heterocycles.